The van der Waals surface area contributed by atoms with Crippen LogP contribution in [0.4, 0.5) is 0 Å². The van der Waals surface area contributed by atoms with Crippen molar-refractivity contribution >= 4 is 22.1 Å². The van der Waals surface area contributed by atoms with Crippen LogP contribution in [0.2, 0.25) is 0 Å². The molecule has 0 spiro atoms. The van der Waals surface area contributed by atoms with Crippen LogP contribution < -0.4 is 0 Å². The van der Waals surface area contributed by atoms with Crippen LogP contribution >= 0.6 is 11.3 Å². The van der Waals surface area contributed by atoms with Gasteiger partial charge in [-0.25, -0.2) is 4.98 Å². The van der Waals surface area contributed by atoms with Crippen LogP contribution in [-0.2, 0) is 6.42 Å². The van der Waals surface area contributed by atoms with Crippen molar-refractivity contribution in [2.24, 2.45) is 0 Å². The molecule has 1 aromatic carbocycles. The van der Waals surface area contributed by atoms with Crippen LogP contribution in [0.15, 0.2) is 36.5 Å². The first kappa shape index (κ1) is 10.9. The predicted octanol–water partition coefficient (Wildman–Crippen LogP) is 3.58. The van der Waals surface area contributed by atoms with E-state index in [0.717, 1.165) is 39.6 Å². The Hall–Kier alpha value is -1.94. The number of thiazole rings is 1. The Morgan fingerprint density at radius 1 is 1.16 bits per heavy atom. The van der Waals surface area contributed by atoms with E-state index in [1.165, 1.54) is 11.3 Å². The highest BCUT2D eigenvalue weighted by Crippen LogP contribution is 2.31. The molecule has 94 valence electrons. The molecule has 1 aliphatic rings. The monoisotopic (exact) mass is 268 g/mol. The molecule has 0 aliphatic heterocycles. The van der Waals surface area contributed by atoms with Crippen LogP contribution in [0, 0.1) is 0 Å². The second-order valence-corrected chi connectivity index (χ2v) is 5.78. The van der Waals surface area contributed by atoms with Crippen molar-refractivity contribution in [1.29, 1.82) is 0 Å². The first-order valence-corrected chi connectivity index (χ1v) is 7.24. The second-order valence-electron chi connectivity index (χ2n) is 4.80. The Morgan fingerprint density at radius 3 is 2.84 bits per heavy atom. The molecule has 0 N–H and O–H groups in total. The summed E-state index contributed by atoms with van der Waals surface area (Å²) < 4.78 is 2.10. The summed E-state index contributed by atoms with van der Waals surface area (Å²) in [6, 6.07) is 10.2. The summed E-state index contributed by atoms with van der Waals surface area (Å²) in [6.45, 7) is 0. The molecule has 1 aliphatic carbocycles. The van der Waals surface area contributed by atoms with Gasteiger partial charge in [0.05, 0.1) is 10.6 Å². The normalized spacial score (nSPS) is 14.8. The number of carbonyl (C=O) groups excluding carboxylic acids is 1. The Kier molecular flexibility index (Phi) is 2.32. The third-order valence-corrected chi connectivity index (χ3v) is 4.70. The lowest BCUT2D eigenvalue weighted by Gasteiger charge is -2.08. The molecule has 3 aromatic rings. The minimum absolute atomic E-state index is 0.276. The molecule has 0 amide bonds. The Balaban J connectivity index is 1.90. The van der Waals surface area contributed by atoms with E-state index in [9.17, 15) is 4.79 Å². The number of Topliss-reactive ketones (excluding diaryl/α,β-unsaturated/α-hetero) is 1. The van der Waals surface area contributed by atoms with E-state index in [2.05, 4.69) is 27.7 Å². The SMILES string of the molecule is O=C1CCCc2c1sc1nc(-c3ccccc3)cn21. The lowest BCUT2D eigenvalue weighted by molar-refractivity contribution is 0.0976. The summed E-state index contributed by atoms with van der Waals surface area (Å²) in [5.74, 6) is 0.276. The number of rotatable bonds is 1. The van der Waals surface area contributed by atoms with E-state index in [4.69, 9.17) is 0 Å². The number of ketones is 1. The van der Waals surface area contributed by atoms with E-state index in [1.807, 2.05) is 18.2 Å². The first-order valence-electron chi connectivity index (χ1n) is 6.42. The van der Waals surface area contributed by atoms with Gasteiger partial charge in [0.2, 0.25) is 0 Å². The van der Waals surface area contributed by atoms with Crippen LogP contribution in [0.1, 0.15) is 28.2 Å². The molecule has 2 aromatic heterocycles. The van der Waals surface area contributed by atoms with Gasteiger partial charge in [-0.15, -0.1) is 0 Å². The van der Waals surface area contributed by atoms with Gasteiger partial charge in [0, 0.05) is 23.9 Å². The van der Waals surface area contributed by atoms with Gasteiger partial charge in [0.25, 0.3) is 0 Å². The molecular formula is C15H12N2OS. The van der Waals surface area contributed by atoms with E-state index >= 15 is 0 Å². The van der Waals surface area contributed by atoms with Gasteiger partial charge in [-0.1, -0.05) is 41.7 Å². The van der Waals surface area contributed by atoms with Crippen molar-refractivity contribution in [3.8, 4) is 11.3 Å². The molecule has 2 heterocycles. The summed E-state index contributed by atoms with van der Waals surface area (Å²) in [7, 11) is 0. The number of nitrogens with zero attached hydrogens (tertiary/aromatic N) is 2. The highest BCUT2D eigenvalue weighted by Gasteiger charge is 2.23. The number of aryl methyl sites for hydroxylation is 1. The molecule has 4 rings (SSSR count). The zero-order valence-corrected chi connectivity index (χ0v) is 11.1. The highest BCUT2D eigenvalue weighted by molar-refractivity contribution is 7.19. The van der Waals surface area contributed by atoms with Crippen molar-refractivity contribution in [3.05, 3.63) is 47.1 Å². The van der Waals surface area contributed by atoms with Crippen LogP contribution in [0.5, 0.6) is 0 Å². The minimum atomic E-state index is 0.276. The third kappa shape index (κ3) is 1.64. The molecule has 0 fully saturated rings. The molecule has 0 bridgehead atoms. The fraction of sp³-hybridized carbons (Fsp3) is 0.200. The fourth-order valence-corrected chi connectivity index (χ4v) is 3.74. The number of hydrogen-bond acceptors (Lipinski definition) is 3. The standard InChI is InChI=1S/C15H12N2OS/c18-13-8-4-7-12-14(13)19-15-16-11(9-17(12)15)10-5-2-1-3-6-10/h1-3,5-6,9H,4,7-8H2. The van der Waals surface area contributed by atoms with E-state index in [1.54, 1.807) is 0 Å². The van der Waals surface area contributed by atoms with Crippen molar-refractivity contribution in [3.63, 3.8) is 0 Å². The van der Waals surface area contributed by atoms with Gasteiger partial charge >= 0.3 is 0 Å². The zero-order valence-electron chi connectivity index (χ0n) is 10.3. The van der Waals surface area contributed by atoms with Crippen molar-refractivity contribution in [2.45, 2.75) is 19.3 Å². The van der Waals surface area contributed by atoms with Gasteiger partial charge in [0.1, 0.15) is 0 Å². The largest absolute Gasteiger partial charge is 0.293 e. The predicted molar refractivity (Wildman–Crippen MR) is 75.8 cm³/mol. The summed E-state index contributed by atoms with van der Waals surface area (Å²) in [6.07, 6.45) is 4.67. The highest BCUT2D eigenvalue weighted by atomic mass is 32.1. The number of fused-ring (bicyclic) bond motifs is 3. The van der Waals surface area contributed by atoms with Gasteiger partial charge in [-0.05, 0) is 12.8 Å². The number of carbonyl (C=O) groups is 1. The third-order valence-electron chi connectivity index (χ3n) is 3.56. The van der Waals surface area contributed by atoms with E-state index < -0.39 is 0 Å². The maximum atomic E-state index is 11.9. The van der Waals surface area contributed by atoms with Gasteiger partial charge in [-0.2, -0.15) is 0 Å². The number of benzene rings is 1. The second kappa shape index (κ2) is 4.03. The molecule has 4 heteroatoms. The quantitative estimate of drug-likeness (QED) is 0.676. The number of aromatic nitrogens is 2. The zero-order chi connectivity index (χ0) is 12.8. The molecule has 0 unspecified atom stereocenters. The maximum absolute atomic E-state index is 11.9. The van der Waals surface area contributed by atoms with Crippen LogP contribution in [0.3, 0.4) is 0 Å². The topological polar surface area (TPSA) is 34.4 Å². The van der Waals surface area contributed by atoms with E-state index in [-0.39, 0.29) is 5.78 Å². The maximum Gasteiger partial charge on any atom is 0.195 e. The van der Waals surface area contributed by atoms with Crippen molar-refractivity contribution in [1.82, 2.24) is 9.38 Å². The van der Waals surface area contributed by atoms with Gasteiger partial charge < -0.3 is 0 Å². The molecule has 19 heavy (non-hydrogen) atoms. The average molecular weight is 268 g/mol. The van der Waals surface area contributed by atoms with Crippen LogP contribution in [0.25, 0.3) is 16.2 Å². The Labute approximate surface area is 114 Å². The number of imidazole rings is 1. The van der Waals surface area contributed by atoms with Crippen molar-refractivity contribution < 1.29 is 4.79 Å². The smallest absolute Gasteiger partial charge is 0.195 e. The molecular weight excluding hydrogens is 256 g/mol. The summed E-state index contributed by atoms with van der Waals surface area (Å²) >= 11 is 1.53. The summed E-state index contributed by atoms with van der Waals surface area (Å²) in [5, 5.41) is 0. The lowest BCUT2D eigenvalue weighted by Crippen LogP contribution is -2.09. The van der Waals surface area contributed by atoms with Crippen LogP contribution in [-0.4, -0.2) is 15.2 Å². The minimum Gasteiger partial charge on any atom is -0.293 e. The summed E-state index contributed by atoms with van der Waals surface area (Å²) in [5.41, 5.74) is 3.24. The molecule has 0 saturated carbocycles. The Morgan fingerprint density at radius 2 is 2.00 bits per heavy atom. The molecule has 0 saturated heterocycles. The summed E-state index contributed by atoms with van der Waals surface area (Å²) in [4.78, 5) is 18.4. The molecule has 0 atom stereocenters. The van der Waals surface area contributed by atoms with Gasteiger partial charge in [0.15, 0.2) is 10.7 Å². The molecule has 0 radical (unpaired) electrons. The van der Waals surface area contributed by atoms with Gasteiger partial charge in [-0.3, -0.25) is 9.20 Å². The van der Waals surface area contributed by atoms with E-state index in [0.29, 0.717) is 6.42 Å². The van der Waals surface area contributed by atoms with Crippen molar-refractivity contribution in [2.75, 3.05) is 0 Å². The average Bonchev–Trinajstić information content (AvgIpc) is 2.99. The fourth-order valence-electron chi connectivity index (χ4n) is 2.62. The molecule has 3 nitrogen and oxygen atoms in total. The Bertz CT molecular complexity index is 770. The lowest BCUT2D eigenvalue weighted by atomic mass is 10.0. The first-order chi connectivity index (χ1) is 9.33. The number of hydrogen-bond donors (Lipinski definition) is 0.